The van der Waals surface area contributed by atoms with Crippen LogP contribution in [0, 0.1) is 23.2 Å². The summed E-state index contributed by atoms with van der Waals surface area (Å²) in [5.74, 6) is 0.149. The van der Waals surface area contributed by atoms with Crippen LogP contribution in [0.15, 0.2) is 55.0 Å². The molecule has 1 heterocycles. The van der Waals surface area contributed by atoms with E-state index in [9.17, 15) is 9.59 Å². The molecule has 0 bridgehead atoms. The fourth-order valence-corrected chi connectivity index (χ4v) is 5.23. The Morgan fingerprint density at radius 3 is 2.60 bits per heavy atom. The maximum atomic E-state index is 13.5. The van der Waals surface area contributed by atoms with E-state index in [4.69, 9.17) is 28.5 Å². The molecule has 0 saturated heterocycles. The number of rotatable bonds is 12. The number of nitrogens with zero attached hydrogens (tertiary/aromatic N) is 4. The van der Waals surface area contributed by atoms with Crippen LogP contribution in [0.1, 0.15) is 61.9 Å². The van der Waals surface area contributed by atoms with Crippen molar-refractivity contribution < 1.29 is 9.59 Å². The number of carbonyl (C=O) groups is 2. The van der Waals surface area contributed by atoms with Crippen molar-refractivity contribution in [1.82, 2.24) is 19.8 Å². The molecule has 1 aliphatic carbocycles. The maximum Gasteiger partial charge on any atom is 0.226 e. The predicted molar refractivity (Wildman–Crippen MR) is 157 cm³/mol. The van der Waals surface area contributed by atoms with Crippen LogP contribution < -0.4 is 5.32 Å². The molecule has 3 aromatic rings. The third-order valence-electron chi connectivity index (χ3n) is 7.83. The van der Waals surface area contributed by atoms with Gasteiger partial charge in [0.15, 0.2) is 0 Å². The quantitative estimate of drug-likeness (QED) is 0.284. The number of nitriles is 1. The molecule has 40 heavy (non-hydrogen) atoms. The molecular weight excluding hydrogens is 545 g/mol. The maximum absolute atomic E-state index is 13.5. The highest BCUT2D eigenvalue weighted by Gasteiger charge is 2.32. The molecule has 2 amide bonds. The molecule has 1 fully saturated rings. The van der Waals surface area contributed by atoms with Gasteiger partial charge in [0.05, 0.1) is 34.4 Å². The van der Waals surface area contributed by atoms with Crippen LogP contribution in [-0.2, 0) is 29.1 Å². The first-order valence-corrected chi connectivity index (χ1v) is 14.5. The molecular formula is C31H35Cl2N5O2. The van der Waals surface area contributed by atoms with E-state index in [2.05, 4.69) is 30.2 Å². The van der Waals surface area contributed by atoms with Crippen LogP contribution in [-0.4, -0.2) is 38.9 Å². The molecule has 1 aliphatic rings. The summed E-state index contributed by atoms with van der Waals surface area (Å²) >= 11 is 12.7. The van der Waals surface area contributed by atoms with Gasteiger partial charge in [-0.15, -0.1) is 0 Å². The van der Waals surface area contributed by atoms with Crippen LogP contribution in [0.3, 0.4) is 0 Å². The first-order valence-electron chi connectivity index (χ1n) is 13.8. The average Bonchev–Trinajstić information content (AvgIpc) is 3.35. The van der Waals surface area contributed by atoms with Gasteiger partial charge in [-0.3, -0.25) is 9.59 Å². The number of imidazole rings is 1. The molecule has 9 heteroatoms. The Hall–Kier alpha value is -3.34. The molecule has 4 rings (SSSR count). The number of benzene rings is 2. The number of hydrogen-bond donors (Lipinski definition) is 1. The van der Waals surface area contributed by atoms with Gasteiger partial charge < -0.3 is 14.8 Å². The van der Waals surface area contributed by atoms with E-state index in [1.54, 1.807) is 30.7 Å². The van der Waals surface area contributed by atoms with E-state index < -0.39 is 0 Å². The van der Waals surface area contributed by atoms with Crippen LogP contribution in [0.4, 0.5) is 0 Å². The highest BCUT2D eigenvalue weighted by atomic mass is 35.5. The minimum Gasteiger partial charge on any atom is -0.351 e. The van der Waals surface area contributed by atoms with Crippen molar-refractivity contribution in [2.45, 2.75) is 65.1 Å². The van der Waals surface area contributed by atoms with Crippen molar-refractivity contribution in [2.24, 2.45) is 11.8 Å². The number of nitrogens with one attached hydrogen (secondary N) is 1. The van der Waals surface area contributed by atoms with Crippen molar-refractivity contribution in [3.05, 3.63) is 87.4 Å². The zero-order valence-corrected chi connectivity index (χ0v) is 24.5. The predicted octanol–water partition coefficient (Wildman–Crippen LogP) is 6.01. The van der Waals surface area contributed by atoms with Crippen molar-refractivity contribution >= 4 is 35.0 Å². The standard InChI is InChI=1S/C31H35Cl2N5O2/c1-3-21(2)28(19-37(31(40)24-6-4-7-24)18-25-8-5-9-27(32)30(25)33)36-29(39)14-26-16-35-20-38(26)17-23-12-10-22(15-34)11-13-23/h5,8-13,16,20-21,24,28H,3-4,6-7,14,17-19H2,1-2H3,(H,36,39)/t21-,28+/m0/s1. The number of halogens is 2. The lowest BCUT2D eigenvalue weighted by Crippen LogP contribution is -2.50. The van der Waals surface area contributed by atoms with Crippen LogP contribution >= 0.6 is 23.2 Å². The number of carbonyl (C=O) groups excluding carboxylic acids is 2. The lowest BCUT2D eigenvalue weighted by atomic mass is 9.84. The van der Waals surface area contributed by atoms with Gasteiger partial charge in [0, 0.05) is 43.5 Å². The fourth-order valence-electron chi connectivity index (χ4n) is 4.85. The van der Waals surface area contributed by atoms with E-state index in [0.717, 1.165) is 42.5 Å². The van der Waals surface area contributed by atoms with Gasteiger partial charge in [0.1, 0.15) is 0 Å². The van der Waals surface area contributed by atoms with E-state index >= 15 is 0 Å². The number of amides is 2. The second-order valence-electron chi connectivity index (χ2n) is 10.6. The van der Waals surface area contributed by atoms with E-state index in [-0.39, 0.29) is 36.1 Å². The fraction of sp³-hybridized carbons (Fsp3) is 0.419. The average molecular weight is 581 g/mol. The number of hydrogen-bond acceptors (Lipinski definition) is 4. The minimum absolute atomic E-state index is 0.0165. The Morgan fingerprint density at radius 1 is 1.20 bits per heavy atom. The second kappa shape index (κ2) is 13.8. The second-order valence-corrected chi connectivity index (χ2v) is 11.4. The van der Waals surface area contributed by atoms with Crippen LogP contribution in [0.5, 0.6) is 0 Å². The van der Waals surface area contributed by atoms with Gasteiger partial charge in [0.25, 0.3) is 0 Å². The Morgan fingerprint density at radius 2 is 1.95 bits per heavy atom. The van der Waals surface area contributed by atoms with Gasteiger partial charge in [-0.2, -0.15) is 5.26 Å². The monoisotopic (exact) mass is 579 g/mol. The van der Waals surface area contributed by atoms with Crippen molar-refractivity contribution in [3.8, 4) is 6.07 Å². The largest absolute Gasteiger partial charge is 0.351 e. The first-order chi connectivity index (χ1) is 19.3. The van der Waals surface area contributed by atoms with Crippen molar-refractivity contribution in [3.63, 3.8) is 0 Å². The molecule has 0 radical (unpaired) electrons. The van der Waals surface area contributed by atoms with Gasteiger partial charge in [-0.1, -0.05) is 74.2 Å². The first kappa shape index (κ1) is 29.6. The molecule has 0 unspecified atom stereocenters. The number of aromatic nitrogens is 2. The summed E-state index contributed by atoms with van der Waals surface area (Å²) in [4.78, 5) is 32.9. The Balaban J connectivity index is 1.47. The SMILES string of the molecule is CC[C@H](C)[C@@H](CN(Cc1cccc(Cl)c1Cl)C(=O)C1CCC1)NC(=O)Cc1cncn1Cc1ccc(C#N)cc1. The smallest absolute Gasteiger partial charge is 0.226 e. The summed E-state index contributed by atoms with van der Waals surface area (Å²) in [6.07, 6.45) is 7.27. The summed E-state index contributed by atoms with van der Waals surface area (Å²) in [7, 11) is 0. The van der Waals surface area contributed by atoms with E-state index in [1.165, 1.54) is 0 Å². The molecule has 0 aliphatic heterocycles. The zero-order chi connectivity index (χ0) is 28.6. The molecule has 2 atom stereocenters. The third-order valence-corrected chi connectivity index (χ3v) is 8.69. The third kappa shape index (κ3) is 7.44. The zero-order valence-electron chi connectivity index (χ0n) is 22.9. The summed E-state index contributed by atoms with van der Waals surface area (Å²) in [5.41, 5.74) is 3.20. The van der Waals surface area contributed by atoms with Gasteiger partial charge in [-0.25, -0.2) is 4.98 Å². The van der Waals surface area contributed by atoms with Crippen LogP contribution in [0.25, 0.3) is 0 Å². The lowest BCUT2D eigenvalue weighted by Gasteiger charge is -2.36. The lowest BCUT2D eigenvalue weighted by molar-refractivity contribution is -0.140. The molecule has 1 saturated carbocycles. The molecule has 210 valence electrons. The van der Waals surface area contributed by atoms with Gasteiger partial charge >= 0.3 is 0 Å². The summed E-state index contributed by atoms with van der Waals surface area (Å²) in [6, 6.07) is 14.7. The van der Waals surface area contributed by atoms with Crippen LogP contribution in [0.2, 0.25) is 10.0 Å². The Labute approximate surface area is 246 Å². The topological polar surface area (TPSA) is 91.0 Å². The Bertz CT molecular complexity index is 1360. The minimum atomic E-state index is -0.227. The van der Waals surface area contributed by atoms with E-state index in [0.29, 0.717) is 35.2 Å². The molecule has 0 spiro atoms. The summed E-state index contributed by atoms with van der Waals surface area (Å²) < 4.78 is 1.94. The molecule has 2 aromatic carbocycles. The highest BCUT2D eigenvalue weighted by Crippen LogP contribution is 2.31. The molecule has 7 nitrogen and oxygen atoms in total. The molecule has 1 aromatic heterocycles. The van der Waals surface area contributed by atoms with Gasteiger partial charge in [-0.05, 0) is 48.1 Å². The normalized spacial score (nSPS) is 14.6. The van der Waals surface area contributed by atoms with Crippen molar-refractivity contribution in [1.29, 1.82) is 5.26 Å². The highest BCUT2D eigenvalue weighted by molar-refractivity contribution is 6.42. The van der Waals surface area contributed by atoms with Crippen molar-refractivity contribution in [2.75, 3.05) is 6.54 Å². The summed E-state index contributed by atoms with van der Waals surface area (Å²) in [6.45, 7) is 5.46. The summed E-state index contributed by atoms with van der Waals surface area (Å²) in [5, 5.41) is 13.2. The Kier molecular flexibility index (Phi) is 10.2. The van der Waals surface area contributed by atoms with Gasteiger partial charge in [0.2, 0.25) is 11.8 Å². The molecule has 1 N–H and O–H groups in total. The van der Waals surface area contributed by atoms with E-state index in [1.807, 2.05) is 33.7 Å².